The molecule has 0 bridgehead atoms. The van der Waals surface area contributed by atoms with E-state index in [1.54, 1.807) is 18.2 Å². The van der Waals surface area contributed by atoms with Gasteiger partial charge in [-0.25, -0.2) is 14.5 Å². The zero-order valence-electron chi connectivity index (χ0n) is 25.1. The standard InChI is InChI=1S/C31H30F3N7O4S/c1-4-5-20-7-6-19(2)14-25(20)41-28(42)17-46-30(41)38-29(43)37-21-8-13-24(26(15-21)44-3)35-16-27-36-18-40(39-27)22-9-11-23(12-10-22)45-31(32,33)34/h6-15,18,35H,4-5,16-17H2,1-3H3,(H,37,43). The Hall–Kier alpha value is -5.05. The summed E-state index contributed by atoms with van der Waals surface area (Å²) in [5.74, 6) is 0.561. The highest BCUT2D eigenvalue weighted by atomic mass is 32.2. The lowest BCUT2D eigenvalue weighted by atomic mass is 10.0. The molecule has 0 radical (unpaired) electrons. The first-order valence-electron chi connectivity index (χ1n) is 14.2. The summed E-state index contributed by atoms with van der Waals surface area (Å²) in [5, 5.41) is 10.6. The summed E-state index contributed by atoms with van der Waals surface area (Å²) in [5.41, 5.74) is 4.29. The molecule has 2 heterocycles. The number of aliphatic imine (C=N–C) groups is 1. The number of aromatic nitrogens is 3. The van der Waals surface area contributed by atoms with Crippen LogP contribution in [-0.2, 0) is 17.8 Å². The molecule has 15 heteroatoms. The average Bonchev–Trinajstić information content (AvgIpc) is 3.63. The van der Waals surface area contributed by atoms with E-state index in [1.807, 2.05) is 25.1 Å². The second-order valence-corrected chi connectivity index (χ2v) is 11.1. The first-order chi connectivity index (χ1) is 22.0. The summed E-state index contributed by atoms with van der Waals surface area (Å²) >= 11 is 1.21. The van der Waals surface area contributed by atoms with Gasteiger partial charge in [0.1, 0.15) is 17.8 Å². The predicted octanol–water partition coefficient (Wildman–Crippen LogP) is 6.72. The van der Waals surface area contributed by atoms with Crippen LogP contribution >= 0.6 is 11.8 Å². The number of halogens is 3. The summed E-state index contributed by atoms with van der Waals surface area (Å²) in [6.07, 6.45) is -1.63. The number of urea groups is 1. The van der Waals surface area contributed by atoms with Crippen molar-refractivity contribution in [3.05, 3.63) is 83.9 Å². The van der Waals surface area contributed by atoms with Crippen LogP contribution in [0.5, 0.6) is 11.5 Å². The molecule has 3 amide bonds. The number of nitrogens with one attached hydrogen (secondary N) is 2. The lowest BCUT2D eigenvalue weighted by Gasteiger charge is -2.20. The molecule has 3 aromatic carbocycles. The van der Waals surface area contributed by atoms with Gasteiger partial charge in [-0.15, -0.1) is 18.3 Å². The van der Waals surface area contributed by atoms with Crippen molar-refractivity contribution in [2.24, 2.45) is 4.99 Å². The lowest BCUT2D eigenvalue weighted by Crippen LogP contribution is -2.31. The van der Waals surface area contributed by atoms with Crippen molar-refractivity contribution in [2.45, 2.75) is 39.6 Å². The first kappa shape index (κ1) is 32.3. The van der Waals surface area contributed by atoms with Gasteiger partial charge >= 0.3 is 12.4 Å². The molecule has 4 aromatic rings. The highest BCUT2D eigenvalue weighted by Gasteiger charge is 2.32. The fraction of sp³-hybridized carbons (Fsp3) is 0.258. The van der Waals surface area contributed by atoms with Crippen LogP contribution < -0.4 is 25.0 Å². The minimum absolute atomic E-state index is 0.135. The number of hydrogen-bond acceptors (Lipinski definition) is 8. The Labute approximate surface area is 266 Å². The zero-order chi connectivity index (χ0) is 32.8. The van der Waals surface area contributed by atoms with Crippen molar-refractivity contribution in [3.8, 4) is 17.2 Å². The fourth-order valence-electron chi connectivity index (χ4n) is 4.68. The highest BCUT2D eigenvalue weighted by molar-refractivity contribution is 8.15. The van der Waals surface area contributed by atoms with Gasteiger partial charge in [-0.1, -0.05) is 37.2 Å². The fourth-order valence-corrected chi connectivity index (χ4v) is 5.53. The number of thioether (sulfide) groups is 1. The van der Waals surface area contributed by atoms with E-state index in [2.05, 4.69) is 37.4 Å². The molecule has 46 heavy (non-hydrogen) atoms. The van der Waals surface area contributed by atoms with E-state index in [0.717, 1.165) is 29.7 Å². The Kier molecular flexibility index (Phi) is 9.80. The summed E-state index contributed by atoms with van der Waals surface area (Å²) < 4.78 is 48.1. The predicted molar refractivity (Wildman–Crippen MR) is 170 cm³/mol. The molecule has 11 nitrogen and oxygen atoms in total. The van der Waals surface area contributed by atoms with Crippen molar-refractivity contribution in [2.75, 3.05) is 28.4 Å². The topological polar surface area (TPSA) is 123 Å². The van der Waals surface area contributed by atoms with Gasteiger partial charge in [-0.3, -0.25) is 9.69 Å². The maximum atomic E-state index is 12.9. The van der Waals surface area contributed by atoms with Gasteiger partial charge in [-0.05, 0) is 66.9 Å². The van der Waals surface area contributed by atoms with Crippen LogP contribution in [0.2, 0.25) is 0 Å². The second-order valence-electron chi connectivity index (χ2n) is 10.1. The van der Waals surface area contributed by atoms with E-state index in [0.29, 0.717) is 33.8 Å². The number of benzene rings is 3. The Morgan fingerprint density at radius 3 is 2.61 bits per heavy atom. The quantitative estimate of drug-likeness (QED) is 0.194. The molecule has 2 N–H and O–H groups in total. The third kappa shape index (κ3) is 7.96. The summed E-state index contributed by atoms with van der Waals surface area (Å²) in [7, 11) is 1.49. The Balaban J connectivity index is 1.23. The molecular weight excluding hydrogens is 623 g/mol. The van der Waals surface area contributed by atoms with Gasteiger partial charge in [0, 0.05) is 11.8 Å². The van der Waals surface area contributed by atoms with Crippen LogP contribution in [0.15, 0.2) is 72.0 Å². The third-order valence-electron chi connectivity index (χ3n) is 6.73. The SMILES string of the molecule is CCCc1ccc(C)cc1N1C(=O)CSC1=NC(=O)Nc1ccc(NCc2ncn(-c3ccc(OC(F)(F)F)cc3)n2)c(OC)c1. The summed E-state index contributed by atoms with van der Waals surface area (Å²) in [6.45, 7) is 4.23. The number of aryl methyl sites for hydroxylation is 2. The number of amides is 3. The van der Waals surface area contributed by atoms with E-state index in [1.165, 1.54) is 59.0 Å². The van der Waals surface area contributed by atoms with E-state index in [-0.39, 0.29) is 24.0 Å². The van der Waals surface area contributed by atoms with E-state index in [9.17, 15) is 22.8 Å². The number of ether oxygens (including phenoxy) is 2. The molecule has 0 saturated carbocycles. The number of hydrogen-bond donors (Lipinski definition) is 2. The van der Waals surface area contributed by atoms with Gasteiger partial charge in [0.05, 0.1) is 36.5 Å². The summed E-state index contributed by atoms with van der Waals surface area (Å²) in [6, 6.07) is 15.6. The number of amidine groups is 1. The average molecular weight is 654 g/mol. The number of carbonyl (C=O) groups is 2. The van der Waals surface area contributed by atoms with E-state index in [4.69, 9.17) is 4.74 Å². The molecule has 0 spiro atoms. The van der Waals surface area contributed by atoms with Gasteiger partial charge in [0.15, 0.2) is 11.0 Å². The van der Waals surface area contributed by atoms with Crippen LogP contribution in [-0.4, -0.2) is 51.1 Å². The maximum absolute atomic E-state index is 12.9. The molecule has 0 unspecified atom stereocenters. The van der Waals surface area contributed by atoms with Gasteiger partial charge in [0.2, 0.25) is 5.91 Å². The van der Waals surface area contributed by atoms with Crippen molar-refractivity contribution in [1.29, 1.82) is 0 Å². The molecule has 1 aromatic heterocycles. The third-order valence-corrected chi connectivity index (χ3v) is 7.65. The van der Waals surface area contributed by atoms with E-state index >= 15 is 0 Å². The van der Waals surface area contributed by atoms with Crippen LogP contribution in [0.1, 0.15) is 30.3 Å². The molecule has 240 valence electrons. The molecule has 0 atom stereocenters. The number of methoxy groups -OCH3 is 1. The molecule has 1 aliphatic rings. The normalized spacial score (nSPS) is 14.1. The highest BCUT2D eigenvalue weighted by Crippen LogP contribution is 2.32. The molecule has 1 fully saturated rings. The number of alkyl halides is 3. The van der Waals surface area contributed by atoms with Crippen molar-refractivity contribution < 1.29 is 32.2 Å². The van der Waals surface area contributed by atoms with Crippen LogP contribution in [0.3, 0.4) is 0 Å². The van der Waals surface area contributed by atoms with Crippen molar-refractivity contribution >= 4 is 45.9 Å². The number of anilines is 3. The van der Waals surface area contributed by atoms with E-state index < -0.39 is 12.4 Å². The smallest absolute Gasteiger partial charge is 0.495 e. The monoisotopic (exact) mass is 653 g/mol. The van der Waals surface area contributed by atoms with Crippen molar-refractivity contribution in [1.82, 2.24) is 14.8 Å². The van der Waals surface area contributed by atoms with Gasteiger partial charge in [0.25, 0.3) is 0 Å². The number of nitrogens with zero attached hydrogens (tertiary/aromatic N) is 5. The van der Waals surface area contributed by atoms with Crippen LogP contribution in [0, 0.1) is 6.92 Å². The van der Waals surface area contributed by atoms with Crippen molar-refractivity contribution in [3.63, 3.8) is 0 Å². The zero-order valence-corrected chi connectivity index (χ0v) is 25.9. The molecular formula is C31H30F3N7O4S. The largest absolute Gasteiger partial charge is 0.573 e. The Bertz CT molecular complexity index is 1760. The maximum Gasteiger partial charge on any atom is 0.573 e. The van der Waals surface area contributed by atoms with Gasteiger partial charge < -0.3 is 20.1 Å². The minimum atomic E-state index is -4.77. The Morgan fingerprint density at radius 2 is 1.89 bits per heavy atom. The molecule has 0 aliphatic carbocycles. The van der Waals surface area contributed by atoms with Crippen LogP contribution in [0.25, 0.3) is 5.69 Å². The number of carbonyl (C=O) groups excluding carboxylic acids is 2. The number of rotatable bonds is 10. The summed E-state index contributed by atoms with van der Waals surface area (Å²) in [4.78, 5) is 35.7. The minimum Gasteiger partial charge on any atom is -0.495 e. The first-order valence-corrected chi connectivity index (χ1v) is 15.1. The molecule has 1 saturated heterocycles. The second kappa shape index (κ2) is 13.9. The molecule has 1 aliphatic heterocycles. The van der Waals surface area contributed by atoms with Gasteiger partial charge in [-0.2, -0.15) is 4.99 Å². The Morgan fingerprint density at radius 1 is 1.11 bits per heavy atom. The van der Waals surface area contributed by atoms with Crippen LogP contribution in [0.4, 0.5) is 35.0 Å². The molecule has 5 rings (SSSR count). The lowest BCUT2D eigenvalue weighted by molar-refractivity contribution is -0.274.